The van der Waals surface area contributed by atoms with Gasteiger partial charge in [0.15, 0.2) is 0 Å². The number of hydrogen-bond donors (Lipinski definition) is 2. The maximum Gasteiger partial charge on any atom is 0.251 e. The standard InChI is InChI=1S/C33H32N6O/c1-20-4-3-5-23(14-20)21(2)36-32(40)25-8-12-29(22-6-7-22)30(16-25)24-9-13-31-26(15-24)17-34-33(38-31)37-27-18-35-39(19-27)28-10-11-28/h3-5,8-9,12-19,21-22,28H,6-7,10-11H2,1-2H3,(H,36,40)(H,34,37,38). The van der Waals surface area contributed by atoms with Crippen molar-refractivity contribution in [2.45, 2.75) is 57.5 Å². The monoisotopic (exact) mass is 528 g/mol. The highest BCUT2D eigenvalue weighted by molar-refractivity contribution is 5.96. The lowest BCUT2D eigenvalue weighted by Gasteiger charge is -2.17. The van der Waals surface area contributed by atoms with E-state index in [1.807, 2.05) is 54.5 Å². The number of aryl methyl sites for hydroxylation is 1. The average Bonchev–Trinajstić information content (AvgIpc) is 3.91. The first-order chi connectivity index (χ1) is 19.5. The summed E-state index contributed by atoms with van der Waals surface area (Å²) in [6.07, 6.45) is 10.4. The van der Waals surface area contributed by atoms with Gasteiger partial charge in [-0.2, -0.15) is 5.10 Å². The fourth-order valence-electron chi connectivity index (χ4n) is 5.33. The Balaban J connectivity index is 1.15. The lowest BCUT2D eigenvalue weighted by Crippen LogP contribution is -2.26. The van der Waals surface area contributed by atoms with Crippen LogP contribution in [0.5, 0.6) is 0 Å². The predicted molar refractivity (Wildman–Crippen MR) is 158 cm³/mol. The van der Waals surface area contributed by atoms with E-state index in [0.717, 1.165) is 33.3 Å². The minimum Gasteiger partial charge on any atom is -0.346 e. The molecule has 2 aliphatic rings. The van der Waals surface area contributed by atoms with Gasteiger partial charge in [-0.05, 0) is 92.0 Å². The minimum atomic E-state index is -0.0809. The van der Waals surface area contributed by atoms with Crippen molar-refractivity contribution in [3.05, 3.63) is 102 Å². The third-order valence-corrected chi connectivity index (χ3v) is 7.89. The van der Waals surface area contributed by atoms with Gasteiger partial charge in [0.1, 0.15) is 0 Å². The Kier molecular flexibility index (Phi) is 6.07. The summed E-state index contributed by atoms with van der Waals surface area (Å²) in [5, 5.41) is 11.8. The molecule has 0 bridgehead atoms. The van der Waals surface area contributed by atoms with Crippen LogP contribution in [0.2, 0.25) is 0 Å². The van der Waals surface area contributed by atoms with Crippen LogP contribution in [0, 0.1) is 6.92 Å². The lowest BCUT2D eigenvalue weighted by atomic mass is 9.93. The van der Waals surface area contributed by atoms with Gasteiger partial charge >= 0.3 is 0 Å². The molecule has 2 N–H and O–H groups in total. The molecule has 0 saturated heterocycles. The van der Waals surface area contributed by atoms with Gasteiger partial charge in [-0.25, -0.2) is 9.97 Å². The van der Waals surface area contributed by atoms with Gasteiger partial charge in [-0.1, -0.05) is 42.0 Å². The molecule has 2 fully saturated rings. The summed E-state index contributed by atoms with van der Waals surface area (Å²) in [5.41, 5.74) is 8.19. The Labute approximate surface area is 233 Å². The van der Waals surface area contributed by atoms with Crippen molar-refractivity contribution in [3.63, 3.8) is 0 Å². The first kappa shape index (κ1) is 24.5. The van der Waals surface area contributed by atoms with Crippen molar-refractivity contribution in [1.29, 1.82) is 0 Å². The maximum atomic E-state index is 13.3. The Morgan fingerprint density at radius 1 is 1.00 bits per heavy atom. The molecular weight excluding hydrogens is 496 g/mol. The number of carbonyl (C=O) groups is 1. The van der Waals surface area contributed by atoms with Crippen LogP contribution in [0.25, 0.3) is 22.0 Å². The van der Waals surface area contributed by atoms with Gasteiger partial charge in [0.25, 0.3) is 5.91 Å². The normalized spacial score (nSPS) is 15.7. The molecule has 0 radical (unpaired) electrons. The molecule has 2 heterocycles. The molecule has 5 aromatic rings. The summed E-state index contributed by atoms with van der Waals surface area (Å²) in [6, 6.07) is 21.1. The van der Waals surface area contributed by atoms with Gasteiger partial charge in [0.2, 0.25) is 5.95 Å². The van der Waals surface area contributed by atoms with Gasteiger partial charge in [-0.15, -0.1) is 0 Å². The Morgan fingerprint density at radius 2 is 1.88 bits per heavy atom. The zero-order chi connectivity index (χ0) is 27.2. The van der Waals surface area contributed by atoms with Crippen molar-refractivity contribution >= 4 is 28.4 Å². The smallest absolute Gasteiger partial charge is 0.251 e. The molecule has 40 heavy (non-hydrogen) atoms. The minimum absolute atomic E-state index is 0.0672. The predicted octanol–water partition coefficient (Wildman–Crippen LogP) is 7.25. The molecule has 7 nitrogen and oxygen atoms in total. The van der Waals surface area contributed by atoms with E-state index in [4.69, 9.17) is 4.98 Å². The third kappa shape index (κ3) is 5.07. The van der Waals surface area contributed by atoms with Crippen LogP contribution in [0.3, 0.4) is 0 Å². The summed E-state index contributed by atoms with van der Waals surface area (Å²) in [5.74, 6) is 1.03. The van der Waals surface area contributed by atoms with Crippen LogP contribution in [0.1, 0.15) is 77.7 Å². The summed E-state index contributed by atoms with van der Waals surface area (Å²) < 4.78 is 2.00. The highest BCUT2D eigenvalue weighted by atomic mass is 16.1. The highest BCUT2D eigenvalue weighted by Crippen LogP contribution is 2.45. The zero-order valence-electron chi connectivity index (χ0n) is 22.8. The SMILES string of the molecule is Cc1cccc(C(C)NC(=O)c2ccc(C3CC3)c(-c3ccc4nc(Nc5cnn(C6CC6)c5)ncc4c3)c2)c1. The van der Waals surface area contributed by atoms with Gasteiger partial charge in [0, 0.05) is 23.3 Å². The van der Waals surface area contributed by atoms with E-state index in [-0.39, 0.29) is 11.9 Å². The Bertz CT molecular complexity index is 1730. The number of anilines is 2. The fourth-order valence-corrected chi connectivity index (χ4v) is 5.33. The van der Waals surface area contributed by atoms with Gasteiger partial charge < -0.3 is 10.6 Å². The second kappa shape index (κ2) is 9.90. The maximum absolute atomic E-state index is 13.3. The van der Waals surface area contributed by atoms with Crippen molar-refractivity contribution in [2.24, 2.45) is 0 Å². The molecule has 2 aliphatic carbocycles. The van der Waals surface area contributed by atoms with Crippen LogP contribution in [0.4, 0.5) is 11.6 Å². The topological polar surface area (TPSA) is 84.7 Å². The number of carbonyl (C=O) groups excluding carboxylic acids is 1. The van der Waals surface area contributed by atoms with E-state index >= 15 is 0 Å². The largest absolute Gasteiger partial charge is 0.346 e. The van der Waals surface area contributed by atoms with E-state index in [1.165, 1.54) is 36.8 Å². The first-order valence-electron chi connectivity index (χ1n) is 14.1. The Morgan fingerprint density at radius 3 is 2.67 bits per heavy atom. The Hall–Kier alpha value is -4.52. The van der Waals surface area contributed by atoms with E-state index in [1.54, 1.807) is 0 Å². The number of hydrogen-bond acceptors (Lipinski definition) is 5. The van der Waals surface area contributed by atoms with E-state index in [9.17, 15) is 4.79 Å². The van der Waals surface area contributed by atoms with Crippen LogP contribution < -0.4 is 10.6 Å². The summed E-state index contributed by atoms with van der Waals surface area (Å²) in [4.78, 5) is 22.6. The third-order valence-electron chi connectivity index (χ3n) is 7.89. The second-order valence-corrected chi connectivity index (χ2v) is 11.2. The van der Waals surface area contributed by atoms with Crippen LogP contribution in [-0.2, 0) is 0 Å². The highest BCUT2D eigenvalue weighted by Gasteiger charge is 2.27. The molecule has 1 amide bonds. The number of nitrogens with zero attached hydrogens (tertiary/aromatic N) is 4. The number of amides is 1. The molecule has 1 atom stereocenters. The molecule has 1 unspecified atom stereocenters. The summed E-state index contributed by atoms with van der Waals surface area (Å²) in [7, 11) is 0. The number of rotatable bonds is 8. The van der Waals surface area contributed by atoms with Crippen molar-refractivity contribution in [3.8, 4) is 11.1 Å². The number of nitrogens with one attached hydrogen (secondary N) is 2. The molecule has 0 spiro atoms. The van der Waals surface area contributed by atoms with E-state index < -0.39 is 0 Å². The molecule has 7 heteroatoms. The molecule has 2 aromatic heterocycles. The second-order valence-electron chi connectivity index (χ2n) is 11.2. The van der Waals surface area contributed by atoms with Crippen LogP contribution >= 0.6 is 0 Å². The van der Waals surface area contributed by atoms with E-state index in [2.05, 4.69) is 64.0 Å². The zero-order valence-corrected chi connectivity index (χ0v) is 22.8. The fraction of sp³-hybridized carbons (Fsp3) is 0.273. The van der Waals surface area contributed by atoms with Crippen molar-refractivity contribution in [1.82, 2.24) is 25.1 Å². The molecule has 7 rings (SSSR count). The average molecular weight is 529 g/mol. The number of fused-ring (bicyclic) bond motifs is 1. The van der Waals surface area contributed by atoms with Gasteiger partial charge in [0.05, 0.1) is 29.5 Å². The van der Waals surface area contributed by atoms with Crippen LogP contribution in [-0.4, -0.2) is 25.7 Å². The molecule has 3 aromatic carbocycles. The number of aromatic nitrogens is 4. The van der Waals surface area contributed by atoms with Crippen LogP contribution in [0.15, 0.2) is 79.3 Å². The first-order valence-corrected chi connectivity index (χ1v) is 14.1. The molecule has 200 valence electrons. The quantitative estimate of drug-likeness (QED) is 0.222. The van der Waals surface area contributed by atoms with Crippen molar-refractivity contribution in [2.75, 3.05) is 5.32 Å². The number of benzene rings is 3. The van der Waals surface area contributed by atoms with Gasteiger partial charge in [-0.3, -0.25) is 9.48 Å². The molecule has 0 aliphatic heterocycles. The lowest BCUT2D eigenvalue weighted by molar-refractivity contribution is 0.0940. The molecule has 2 saturated carbocycles. The van der Waals surface area contributed by atoms with E-state index in [0.29, 0.717) is 23.5 Å². The summed E-state index contributed by atoms with van der Waals surface area (Å²) in [6.45, 7) is 4.09. The van der Waals surface area contributed by atoms with Crippen molar-refractivity contribution < 1.29 is 4.79 Å². The summed E-state index contributed by atoms with van der Waals surface area (Å²) >= 11 is 0. The molecular formula is C33H32N6O.